The highest BCUT2D eigenvalue weighted by Crippen LogP contribution is 2.61. The maximum atomic E-state index is 3.95. The Morgan fingerprint density at radius 1 is 0.947 bits per heavy atom. The van der Waals surface area contributed by atoms with Crippen molar-refractivity contribution in [1.29, 1.82) is 0 Å². The maximum absolute atomic E-state index is 3.95. The Balaban J connectivity index is 1.38. The largest absolute Gasteiger partial charge is 0.311 e. The average molecular weight is 261 g/mol. The van der Waals surface area contributed by atoms with Crippen LogP contribution < -0.4 is 5.32 Å². The van der Waals surface area contributed by atoms with E-state index in [1.165, 1.54) is 32.1 Å². The van der Waals surface area contributed by atoms with E-state index in [1.807, 2.05) is 0 Å². The minimum Gasteiger partial charge on any atom is -0.311 e. The SMILES string of the molecule is CC(CC12CC3CC(CC(C3)C1)C2)NC1CCCC1. The molecule has 5 fully saturated rings. The lowest BCUT2D eigenvalue weighted by Gasteiger charge is -2.57. The van der Waals surface area contributed by atoms with E-state index >= 15 is 0 Å². The zero-order valence-electron chi connectivity index (χ0n) is 12.7. The van der Waals surface area contributed by atoms with Crippen molar-refractivity contribution in [2.24, 2.45) is 23.2 Å². The molecule has 1 nitrogen and oxygen atoms in total. The highest BCUT2D eigenvalue weighted by molar-refractivity contribution is 5.02. The molecule has 0 heterocycles. The van der Waals surface area contributed by atoms with Crippen molar-refractivity contribution in [3.63, 3.8) is 0 Å². The summed E-state index contributed by atoms with van der Waals surface area (Å²) in [5, 5.41) is 3.95. The lowest BCUT2D eigenvalue weighted by Crippen LogP contribution is -2.49. The molecule has 1 atom stereocenters. The van der Waals surface area contributed by atoms with Gasteiger partial charge in [0.05, 0.1) is 0 Å². The standard InChI is InChI=1S/C18H31N/c1-13(19-17-4-2-3-5-17)9-18-10-14-6-15(11-18)8-16(7-14)12-18/h13-17,19H,2-12H2,1H3. The molecule has 1 N–H and O–H groups in total. The Labute approximate surface area is 118 Å². The van der Waals surface area contributed by atoms with Crippen LogP contribution in [0, 0.1) is 23.2 Å². The molecule has 0 aromatic carbocycles. The van der Waals surface area contributed by atoms with Gasteiger partial charge in [0.2, 0.25) is 0 Å². The summed E-state index contributed by atoms with van der Waals surface area (Å²) in [7, 11) is 0. The lowest BCUT2D eigenvalue weighted by molar-refractivity contribution is -0.0615. The molecule has 0 radical (unpaired) electrons. The summed E-state index contributed by atoms with van der Waals surface area (Å²) in [6.45, 7) is 2.47. The molecule has 0 amide bonds. The summed E-state index contributed by atoms with van der Waals surface area (Å²) in [4.78, 5) is 0. The van der Waals surface area contributed by atoms with Crippen molar-refractivity contribution < 1.29 is 0 Å². The molecule has 1 unspecified atom stereocenters. The minimum atomic E-state index is 0.763. The zero-order chi connectivity index (χ0) is 12.9. The molecule has 0 spiro atoms. The van der Waals surface area contributed by atoms with E-state index in [0.717, 1.165) is 35.3 Å². The van der Waals surface area contributed by atoms with Gasteiger partial charge in [0.25, 0.3) is 0 Å². The predicted molar refractivity (Wildman–Crippen MR) is 80.1 cm³/mol. The second-order valence-electron chi connectivity index (χ2n) is 8.67. The normalized spacial score (nSPS) is 46.9. The van der Waals surface area contributed by atoms with Crippen LogP contribution in [-0.2, 0) is 0 Å². The molecule has 5 saturated carbocycles. The van der Waals surface area contributed by atoms with E-state index in [-0.39, 0.29) is 0 Å². The van der Waals surface area contributed by atoms with Crippen LogP contribution in [0.1, 0.15) is 77.6 Å². The molecule has 5 rings (SSSR count). The van der Waals surface area contributed by atoms with Crippen molar-refractivity contribution >= 4 is 0 Å². The van der Waals surface area contributed by atoms with Crippen LogP contribution in [0.3, 0.4) is 0 Å². The van der Waals surface area contributed by atoms with Crippen LogP contribution in [-0.4, -0.2) is 12.1 Å². The van der Waals surface area contributed by atoms with Gasteiger partial charge in [0.1, 0.15) is 0 Å². The molecule has 5 aliphatic carbocycles. The minimum absolute atomic E-state index is 0.763. The highest BCUT2D eigenvalue weighted by atomic mass is 14.9. The summed E-state index contributed by atoms with van der Waals surface area (Å²) in [6, 6.07) is 1.61. The lowest BCUT2D eigenvalue weighted by atomic mass is 9.48. The fourth-order valence-corrected chi connectivity index (χ4v) is 6.74. The first-order valence-electron chi connectivity index (χ1n) is 8.97. The average Bonchev–Trinajstić information content (AvgIpc) is 2.78. The molecule has 0 saturated heterocycles. The number of nitrogens with one attached hydrogen (secondary N) is 1. The maximum Gasteiger partial charge on any atom is 0.00695 e. The third-order valence-corrected chi connectivity index (χ3v) is 6.78. The van der Waals surface area contributed by atoms with Gasteiger partial charge in [-0.25, -0.2) is 0 Å². The topological polar surface area (TPSA) is 12.0 Å². The molecule has 5 aliphatic rings. The molecule has 1 heteroatoms. The third kappa shape index (κ3) is 2.48. The van der Waals surface area contributed by atoms with Crippen molar-refractivity contribution in [3.05, 3.63) is 0 Å². The van der Waals surface area contributed by atoms with Crippen LogP contribution in [0.15, 0.2) is 0 Å². The van der Waals surface area contributed by atoms with Crippen molar-refractivity contribution in [2.75, 3.05) is 0 Å². The van der Waals surface area contributed by atoms with Crippen LogP contribution in [0.4, 0.5) is 0 Å². The van der Waals surface area contributed by atoms with Gasteiger partial charge in [-0.2, -0.15) is 0 Å². The quantitative estimate of drug-likeness (QED) is 0.785. The Morgan fingerprint density at radius 2 is 1.47 bits per heavy atom. The molecule has 0 aliphatic heterocycles. The summed E-state index contributed by atoms with van der Waals surface area (Å²) < 4.78 is 0. The van der Waals surface area contributed by atoms with Gasteiger partial charge in [0.15, 0.2) is 0 Å². The Hall–Kier alpha value is -0.0400. The zero-order valence-corrected chi connectivity index (χ0v) is 12.7. The smallest absolute Gasteiger partial charge is 0.00695 e. The molecule has 19 heavy (non-hydrogen) atoms. The molecule has 108 valence electrons. The van der Waals surface area contributed by atoms with Gasteiger partial charge in [-0.15, -0.1) is 0 Å². The fraction of sp³-hybridized carbons (Fsp3) is 1.00. The van der Waals surface area contributed by atoms with Crippen LogP contribution >= 0.6 is 0 Å². The monoisotopic (exact) mass is 261 g/mol. The Morgan fingerprint density at radius 3 is 2.00 bits per heavy atom. The fourth-order valence-electron chi connectivity index (χ4n) is 6.74. The third-order valence-electron chi connectivity index (χ3n) is 6.78. The summed E-state index contributed by atoms with van der Waals surface area (Å²) in [6.07, 6.45) is 16.8. The van der Waals surface area contributed by atoms with E-state index in [0.29, 0.717) is 0 Å². The van der Waals surface area contributed by atoms with Crippen LogP contribution in [0.2, 0.25) is 0 Å². The van der Waals surface area contributed by atoms with Gasteiger partial charge < -0.3 is 5.32 Å². The van der Waals surface area contributed by atoms with E-state index in [4.69, 9.17) is 0 Å². The molecular formula is C18H31N. The van der Waals surface area contributed by atoms with Gasteiger partial charge in [-0.3, -0.25) is 0 Å². The first kappa shape index (κ1) is 12.7. The second kappa shape index (κ2) is 4.76. The number of hydrogen-bond donors (Lipinski definition) is 1. The van der Waals surface area contributed by atoms with Crippen molar-refractivity contribution in [2.45, 2.75) is 89.6 Å². The van der Waals surface area contributed by atoms with E-state index < -0.39 is 0 Å². The molecule has 0 aromatic rings. The van der Waals surface area contributed by atoms with Gasteiger partial charge >= 0.3 is 0 Å². The number of rotatable bonds is 4. The van der Waals surface area contributed by atoms with Crippen LogP contribution in [0.5, 0.6) is 0 Å². The van der Waals surface area contributed by atoms with Crippen molar-refractivity contribution in [3.8, 4) is 0 Å². The van der Waals surface area contributed by atoms with E-state index in [1.54, 1.807) is 38.5 Å². The van der Waals surface area contributed by atoms with Crippen LogP contribution in [0.25, 0.3) is 0 Å². The summed E-state index contributed by atoms with van der Waals surface area (Å²) >= 11 is 0. The Kier molecular flexibility index (Phi) is 3.17. The van der Waals surface area contributed by atoms with Gasteiger partial charge in [-0.05, 0) is 87.9 Å². The first-order valence-corrected chi connectivity index (χ1v) is 8.97. The van der Waals surface area contributed by atoms with Gasteiger partial charge in [-0.1, -0.05) is 12.8 Å². The summed E-state index contributed by atoms with van der Waals surface area (Å²) in [5.74, 6) is 3.35. The highest BCUT2D eigenvalue weighted by Gasteiger charge is 2.50. The molecule has 0 aromatic heterocycles. The Bertz CT molecular complexity index is 293. The van der Waals surface area contributed by atoms with E-state index in [2.05, 4.69) is 12.2 Å². The second-order valence-corrected chi connectivity index (χ2v) is 8.67. The number of hydrogen-bond acceptors (Lipinski definition) is 1. The molecular weight excluding hydrogens is 230 g/mol. The van der Waals surface area contributed by atoms with E-state index in [9.17, 15) is 0 Å². The van der Waals surface area contributed by atoms with Gasteiger partial charge in [0, 0.05) is 12.1 Å². The molecule has 4 bridgehead atoms. The van der Waals surface area contributed by atoms with Crippen molar-refractivity contribution in [1.82, 2.24) is 5.32 Å². The predicted octanol–water partition coefficient (Wildman–Crippen LogP) is 4.51. The summed E-state index contributed by atoms with van der Waals surface area (Å²) in [5.41, 5.74) is 0.764. The first-order chi connectivity index (χ1) is 9.21.